The van der Waals surface area contributed by atoms with Crippen LogP contribution in [0.15, 0.2) is 4.99 Å². The van der Waals surface area contributed by atoms with Gasteiger partial charge in [0.05, 0.1) is 0 Å². The van der Waals surface area contributed by atoms with E-state index in [0.717, 1.165) is 25.1 Å². The van der Waals surface area contributed by atoms with Crippen LogP contribution in [-0.2, 0) is 0 Å². The lowest BCUT2D eigenvalue weighted by molar-refractivity contribution is 0.315. The zero-order chi connectivity index (χ0) is 13.8. The molecule has 2 atom stereocenters. The molecule has 0 bridgehead atoms. The van der Waals surface area contributed by atoms with Crippen molar-refractivity contribution in [2.24, 2.45) is 16.8 Å². The Labute approximate surface area is 141 Å². The molecule has 2 unspecified atom stereocenters. The van der Waals surface area contributed by atoms with Gasteiger partial charge in [-0.1, -0.05) is 20.8 Å². The van der Waals surface area contributed by atoms with Crippen molar-refractivity contribution in [2.45, 2.75) is 52.6 Å². The van der Waals surface area contributed by atoms with Crippen molar-refractivity contribution in [3.05, 3.63) is 0 Å². The summed E-state index contributed by atoms with van der Waals surface area (Å²) in [5, 5.41) is 7.00. The summed E-state index contributed by atoms with van der Waals surface area (Å²) in [6.45, 7) is 13.1. The van der Waals surface area contributed by atoms with Gasteiger partial charge in [0.15, 0.2) is 5.96 Å². The monoisotopic (exact) mass is 394 g/mol. The van der Waals surface area contributed by atoms with Gasteiger partial charge in [-0.05, 0) is 31.6 Å². The summed E-state index contributed by atoms with van der Waals surface area (Å²) in [5.41, 5.74) is 0. The average Bonchev–Trinajstić information content (AvgIpc) is 3.13. The predicted molar refractivity (Wildman–Crippen MR) is 96.9 cm³/mol. The van der Waals surface area contributed by atoms with Gasteiger partial charge < -0.3 is 10.6 Å². The van der Waals surface area contributed by atoms with Crippen LogP contribution in [-0.4, -0.2) is 49.1 Å². The molecule has 1 heterocycles. The van der Waals surface area contributed by atoms with E-state index < -0.39 is 0 Å². The van der Waals surface area contributed by atoms with Crippen molar-refractivity contribution >= 4 is 29.9 Å². The van der Waals surface area contributed by atoms with Crippen molar-refractivity contribution in [3.63, 3.8) is 0 Å². The first-order valence-corrected chi connectivity index (χ1v) is 7.89. The molecule has 2 rings (SSSR count). The molecule has 1 saturated heterocycles. The minimum atomic E-state index is 0. The second-order valence-corrected chi connectivity index (χ2v) is 6.53. The molecule has 1 aliphatic heterocycles. The van der Waals surface area contributed by atoms with Crippen LogP contribution in [0, 0.1) is 11.8 Å². The van der Waals surface area contributed by atoms with Crippen molar-refractivity contribution in [1.82, 2.24) is 15.5 Å². The average molecular weight is 394 g/mol. The Kier molecular flexibility index (Phi) is 7.58. The number of aliphatic imine (C=N–C) groups is 1. The zero-order valence-electron chi connectivity index (χ0n) is 13.4. The first-order chi connectivity index (χ1) is 9.10. The van der Waals surface area contributed by atoms with E-state index >= 15 is 0 Å². The highest BCUT2D eigenvalue weighted by Gasteiger charge is 2.38. The van der Waals surface area contributed by atoms with Crippen LogP contribution in [0.5, 0.6) is 0 Å². The van der Waals surface area contributed by atoms with Gasteiger partial charge >= 0.3 is 0 Å². The summed E-state index contributed by atoms with van der Waals surface area (Å²) < 4.78 is 0. The highest BCUT2D eigenvalue weighted by molar-refractivity contribution is 14.0. The largest absolute Gasteiger partial charge is 0.357 e. The van der Waals surface area contributed by atoms with Gasteiger partial charge in [-0.3, -0.25) is 9.89 Å². The predicted octanol–water partition coefficient (Wildman–Crippen LogP) is 2.30. The molecular formula is C15H31IN4. The maximum Gasteiger partial charge on any atom is 0.191 e. The van der Waals surface area contributed by atoms with Crippen LogP contribution in [0.2, 0.25) is 0 Å². The summed E-state index contributed by atoms with van der Waals surface area (Å²) >= 11 is 0. The van der Waals surface area contributed by atoms with Gasteiger partial charge in [-0.2, -0.15) is 0 Å². The molecule has 0 amide bonds. The van der Waals surface area contributed by atoms with Gasteiger partial charge in [0, 0.05) is 38.3 Å². The fraction of sp³-hybridized carbons (Fsp3) is 0.933. The first-order valence-electron chi connectivity index (χ1n) is 7.89. The Morgan fingerprint density at radius 1 is 1.30 bits per heavy atom. The number of likely N-dealkylation sites (tertiary alicyclic amines) is 1. The number of guanidine groups is 1. The molecule has 20 heavy (non-hydrogen) atoms. The van der Waals surface area contributed by atoms with E-state index in [1.807, 2.05) is 0 Å². The van der Waals surface area contributed by atoms with Crippen LogP contribution in [0.3, 0.4) is 0 Å². The molecule has 118 valence electrons. The van der Waals surface area contributed by atoms with E-state index in [4.69, 9.17) is 0 Å². The van der Waals surface area contributed by atoms with E-state index in [0.29, 0.717) is 17.9 Å². The summed E-state index contributed by atoms with van der Waals surface area (Å²) in [5.74, 6) is 2.31. The molecule has 2 N–H and O–H groups in total. The first kappa shape index (κ1) is 18.0. The van der Waals surface area contributed by atoms with E-state index in [2.05, 4.69) is 48.2 Å². The highest BCUT2D eigenvalue weighted by atomic mass is 127. The van der Waals surface area contributed by atoms with Crippen LogP contribution in [0.1, 0.15) is 40.5 Å². The Morgan fingerprint density at radius 3 is 2.55 bits per heavy atom. The van der Waals surface area contributed by atoms with Gasteiger partial charge in [0.1, 0.15) is 0 Å². The third kappa shape index (κ3) is 5.39. The molecule has 0 aromatic heterocycles. The Morgan fingerprint density at radius 2 is 2.00 bits per heavy atom. The van der Waals surface area contributed by atoms with Gasteiger partial charge in [0.2, 0.25) is 0 Å². The molecule has 1 saturated carbocycles. The number of rotatable bonds is 5. The summed E-state index contributed by atoms with van der Waals surface area (Å²) in [4.78, 5) is 7.32. The second-order valence-electron chi connectivity index (χ2n) is 6.53. The maximum absolute atomic E-state index is 4.67. The van der Waals surface area contributed by atoms with Crippen molar-refractivity contribution in [3.8, 4) is 0 Å². The fourth-order valence-electron chi connectivity index (χ4n) is 2.70. The van der Waals surface area contributed by atoms with E-state index in [1.54, 1.807) is 0 Å². The van der Waals surface area contributed by atoms with E-state index in [1.165, 1.54) is 25.9 Å². The minimum Gasteiger partial charge on any atom is -0.357 e. The quantitative estimate of drug-likeness (QED) is 0.427. The van der Waals surface area contributed by atoms with Crippen molar-refractivity contribution in [2.75, 3.05) is 26.2 Å². The second kappa shape index (κ2) is 8.41. The number of nitrogens with one attached hydrogen (secondary N) is 2. The van der Waals surface area contributed by atoms with Gasteiger partial charge in [-0.15, -0.1) is 24.0 Å². The fourth-order valence-corrected chi connectivity index (χ4v) is 2.70. The highest BCUT2D eigenvalue weighted by Crippen LogP contribution is 2.31. The molecule has 2 fully saturated rings. The van der Waals surface area contributed by atoms with Gasteiger partial charge in [-0.25, -0.2) is 0 Å². The smallest absolute Gasteiger partial charge is 0.191 e. The molecular weight excluding hydrogens is 363 g/mol. The SMILES string of the molecule is CCNC(=NCC(C)C)NC1CN(C2CC2)CC1C.I. The molecule has 1 aliphatic carbocycles. The molecule has 0 aromatic carbocycles. The Bertz CT molecular complexity index is 315. The number of hydrogen-bond donors (Lipinski definition) is 2. The summed E-state index contributed by atoms with van der Waals surface area (Å²) in [7, 11) is 0. The van der Waals surface area contributed by atoms with Crippen molar-refractivity contribution in [1.29, 1.82) is 0 Å². The van der Waals surface area contributed by atoms with E-state index in [9.17, 15) is 0 Å². The summed E-state index contributed by atoms with van der Waals surface area (Å²) in [6, 6.07) is 1.43. The van der Waals surface area contributed by atoms with Gasteiger partial charge in [0.25, 0.3) is 0 Å². The van der Waals surface area contributed by atoms with Crippen molar-refractivity contribution < 1.29 is 0 Å². The van der Waals surface area contributed by atoms with Crippen LogP contribution in [0.25, 0.3) is 0 Å². The summed E-state index contributed by atoms with van der Waals surface area (Å²) in [6.07, 6.45) is 2.81. The lowest BCUT2D eigenvalue weighted by Gasteiger charge is -2.20. The standard InChI is InChI=1S/C15H30N4.HI/c1-5-16-15(17-8-11(2)3)18-14-10-19(9-12(14)4)13-6-7-13;/h11-14H,5-10H2,1-4H3,(H2,16,17,18);1H. The minimum absolute atomic E-state index is 0. The zero-order valence-corrected chi connectivity index (χ0v) is 15.7. The topological polar surface area (TPSA) is 39.7 Å². The third-order valence-electron chi connectivity index (χ3n) is 3.98. The maximum atomic E-state index is 4.67. The number of halogens is 1. The van der Waals surface area contributed by atoms with Crippen LogP contribution in [0.4, 0.5) is 0 Å². The number of hydrogen-bond acceptors (Lipinski definition) is 2. The molecule has 0 aromatic rings. The molecule has 5 heteroatoms. The Balaban J connectivity index is 0.00000200. The normalized spacial score (nSPS) is 27.6. The lowest BCUT2D eigenvalue weighted by Crippen LogP contribution is -2.46. The molecule has 4 nitrogen and oxygen atoms in total. The van der Waals surface area contributed by atoms with Crippen LogP contribution >= 0.6 is 24.0 Å². The van der Waals surface area contributed by atoms with E-state index in [-0.39, 0.29) is 24.0 Å². The lowest BCUT2D eigenvalue weighted by atomic mass is 10.1. The number of nitrogens with zero attached hydrogens (tertiary/aromatic N) is 2. The van der Waals surface area contributed by atoms with Crippen LogP contribution < -0.4 is 10.6 Å². The molecule has 2 aliphatic rings. The molecule has 0 spiro atoms. The Hall–Kier alpha value is -0.0400. The molecule has 0 radical (unpaired) electrons. The third-order valence-corrected chi connectivity index (χ3v) is 3.98.